The van der Waals surface area contributed by atoms with Gasteiger partial charge in [0.15, 0.2) is 0 Å². The van der Waals surface area contributed by atoms with Crippen molar-refractivity contribution in [3.05, 3.63) is 40.0 Å². The molecule has 0 aliphatic carbocycles. The topological polar surface area (TPSA) is 76.5 Å². The van der Waals surface area contributed by atoms with E-state index in [-0.39, 0.29) is 11.5 Å². The lowest BCUT2D eigenvalue weighted by molar-refractivity contribution is -0.131. The Morgan fingerprint density at radius 3 is 2.83 bits per heavy atom. The fourth-order valence-electron chi connectivity index (χ4n) is 2.29. The van der Waals surface area contributed by atoms with Gasteiger partial charge in [0.25, 0.3) is 11.5 Å². The molecule has 1 unspecified atom stereocenters. The molecule has 0 radical (unpaired) electrons. The summed E-state index contributed by atoms with van der Waals surface area (Å²) in [7, 11) is 0. The lowest BCUT2D eigenvalue weighted by atomic mass is 10.3. The quantitative estimate of drug-likeness (QED) is 0.899. The molecule has 8 heteroatoms. The number of thiophene rings is 1. The van der Waals surface area contributed by atoms with Crippen LogP contribution in [0.1, 0.15) is 13.0 Å². The van der Waals surface area contributed by atoms with E-state index in [9.17, 15) is 9.59 Å². The van der Waals surface area contributed by atoms with Crippen LogP contribution in [-0.2, 0) is 9.53 Å². The van der Waals surface area contributed by atoms with Crippen molar-refractivity contribution >= 4 is 17.2 Å². The molecule has 0 aromatic carbocycles. The number of carbonyl (C=O) groups excluding carboxylic acids is 1. The Hall–Kier alpha value is -2.03. The van der Waals surface area contributed by atoms with Crippen molar-refractivity contribution in [3.8, 4) is 10.6 Å². The van der Waals surface area contributed by atoms with Gasteiger partial charge in [-0.15, -0.1) is 11.3 Å². The largest absolute Gasteiger partial charge is 0.379 e. The average Bonchev–Trinajstić information content (AvgIpc) is 3.10. The number of hydrazine groups is 1. The Kier molecular flexibility index (Phi) is 4.85. The van der Waals surface area contributed by atoms with Crippen LogP contribution in [0.3, 0.4) is 0 Å². The van der Waals surface area contributed by atoms with E-state index in [4.69, 9.17) is 4.74 Å². The standard InChI is InChI=1S/C15H18N4O3S/c1-11(15(21)17-18-6-8-22-9-7-18)19-14(20)5-4-12(16-19)13-3-2-10-23-13/h2-5,10-11H,6-9H2,1H3,(H,17,21). The zero-order valence-electron chi connectivity index (χ0n) is 12.8. The van der Waals surface area contributed by atoms with E-state index in [2.05, 4.69) is 10.5 Å². The molecule has 1 N–H and O–H groups in total. The number of nitrogens with one attached hydrogen (secondary N) is 1. The van der Waals surface area contributed by atoms with Gasteiger partial charge in [-0.05, 0) is 24.4 Å². The Morgan fingerprint density at radius 1 is 1.35 bits per heavy atom. The number of morpholine rings is 1. The zero-order valence-corrected chi connectivity index (χ0v) is 13.6. The van der Waals surface area contributed by atoms with Crippen molar-refractivity contribution < 1.29 is 9.53 Å². The van der Waals surface area contributed by atoms with Crippen LogP contribution in [0.2, 0.25) is 0 Å². The molecule has 23 heavy (non-hydrogen) atoms. The molecule has 0 spiro atoms. The van der Waals surface area contributed by atoms with E-state index in [1.165, 1.54) is 22.1 Å². The predicted molar refractivity (Wildman–Crippen MR) is 87.1 cm³/mol. The maximum atomic E-state index is 12.4. The second-order valence-corrected chi connectivity index (χ2v) is 6.18. The summed E-state index contributed by atoms with van der Waals surface area (Å²) in [5, 5.41) is 8.09. The van der Waals surface area contributed by atoms with Gasteiger partial charge in [0.2, 0.25) is 0 Å². The van der Waals surface area contributed by atoms with Crippen molar-refractivity contribution in [1.82, 2.24) is 20.2 Å². The maximum absolute atomic E-state index is 12.4. The first-order valence-electron chi connectivity index (χ1n) is 7.42. The molecule has 122 valence electrons. The van der Waals surface area contributed by atoms with Crippen LogP contribution in [0, 0.1) is 0 Å². The van der Waals surface area contributed by atoms with Crippen LogP contribution < -0.4 is 11.0 Å². The van der Waals surface area contributed by atoms with E-state index in [0.29, 0.717) is 32.0 Å². The highest BCUT2D eigenvalue weighted by atomic mass is 32.1. The summed E-state index contributed by atoms with van der Waals surface area (Å²) in [6.45, 7) is 4.11. The minimum absolute atomic E-state index is 0.259. The number of nitrogens with zero attached hydrogens (tertiary/aromatic N) is 3. The van der Waals surface area contributed by atoms with E-state index in [1.54, 1.807) is 18.0 Å². The highest BCUT2D eigenvalue weighted by Gasteiger charge is 2.21. The summed E-state index contributed by atoms with van der Waals surface area (Å²) >= 11 is 1.54. The number of carbonyl (C=O) groups is 1. The number of aromatic nitrogens is 2. The van der Waals surface area contributed by atoms with Gasteiger partial charge in [0.05, 0.1) is 18.1 Å². The van der Waals surface area contributed by atoms with Gasteiger partial charge in [-0.2, -0.15) is 5.10 Å². The first kappa shape index (κ1) is 15.9. The molecule has 2 aromatic heterocycles. The molecule has 7 nitrogen and oxygen atoms in total. The third-order valence-electron chi connectivity index (χ3n) is 3.62. The van der Waals surface area contributed by atoms with Crippen LogP contribution in [0.15, 0.2) is 34.4 Å². The minimum Gasteiger partial charge on any atom is -0.379 e. The number of ether oxygens (including phenoxy) is 1. The molecule has 2 aromatic rings. The van der Waals surface area contributed by atoms with Crippen LogP contribution in [0.4, 0.5) is 0 Å². The summed E-state index contributed by atoms with van der Waals surface area (Å²) in [4.78, 5) is 25.4. The summed E-state index contributed by atoms with van der Waals surface area (Å²) in [6.07, 6.45) is 0. The highest BCUT2D eigenvalue weighted by molar-refractivity contribution is 7.13. The number of hydrogen-bond acceptors (Lipinski definition) is 6. The summed E-state index contributed by atoms with van der Waals surface area (Å²) in [5.41, 5.74) is 3.21. The Morgan fingerprint density at radius 2 is 2.13 bits per heavy atom. The number of amides is 1. The average molecular weight is 334 g/mol. The third-order valence-corrected chi connectivity index (χ3v) is 4.52. The molecule has 3 heterocycles. The highest BCUT2D eigenvalue weighted by Crippen LogP contribution is 2.21. The van der Waals surface area contributed by atoms with Crippen molar-refractivity contribution in [2.45, 2.75) is 13.0 Å². The molecular weight excluding hydrogens is 316 g/mol. The molecule has 0 bridgehead atoms. The predicted octanol–water partition coefficient (Wildman–Crippen LogP) is 0.896. The lowest BCUT2D eigenvalue weighted by Crippen LogP contribution is -2.50. The van der Waals surface area contributed by atoms with E-state index >= 15 is 0 Å². The van der Waals surface area contributed by atoms with Crippen molar-refractivity contribution in [2.75, 3.05) is 26.3 Å². The van der Waals surface area contributed by atoms with Crippen LogP contribution in [0.5, 0.6) is 0 Å². The first-order valence-corrected chi connectivity index (χ1v) is 8.30. The molecule has 1 fully saturated rings. The second-order valence-electron chi connectivity index (χ2n) is 5.23. The summed E-state index contributed by atoms with van der Waals surface area (Å²) < 4.78 is 6.47. The minimum atomic E-state index is -0.690. The summed E-state index contributed by atoms with van der Waals surface area (Å²) in [6, 6.07) is 6.29. The first-order chi connectivity index (χ1) is 11.1. The molecule has 1 saturated heterocycles. The second kappa shape index (κ2) is 7.03. The summed E-state index contributed by atoms with van der Waals surface area (Å²) in [5.74, 6) is -0.259. The Balaban J connectivity index is 1.78. The zero-order chi connectivity index (χ0) is 16.2. The van der Waals surface area contributed by atoms with Gasteiger partial charge in [-0.1, -0.05) is 6.07 Å². The van der Waals surface area contributed by atoms with Gasteiger partial charge in [0, 0.05) is 19.2 Å². The van der Waals surface area contributed by atoms with Crippen LogP contribution in [0.25, 0.3) is 10.6 Å². The van der Waals surface area contributed by atoms with Gasteiger partial charge in [-0.3, -0.25) is 15.0 Å². The van der Waals surface area contributed by atoms with Crippen molar-refractivity contribution in [1.29, 1.82) is 0 Å². The smallest absolute Gasteiger partial charge is 0.267 e. The van der Waals surface area contributed by atoms with E-state index in [1.807, 2.05) is 17.5 Å². The molecular formula is C15H18N4O3S. The molecule has 0 saturated carbocycles. The SMILES string of the molecule is CC(C(=O)NN1CCOCC1)n1nc(-c2cccs2)ccc1=O. The van der Waals surface area contributed by atoms with Crippen LogP contribution in [-0.4, -0.2) is 47.0 Å². The molecule has 1 amide bonds. The lowest BCUT2D eigenvalue weighted by Gasteiger charge is -2.28. The molecule has 1 atom stereocenters. The normalized spacial score (nSPS) is 16.9. The Bertz CT molecular complexity index is 723. The molecule has 3 rings (SSSR count). The van der Waals surface area contributed by atoms with Crippen molar-refractivity contribution in [3.63, 3.8) is 0 Å². The fraction of sp³-hybridized carbons (Fsp3) is 0.400. The third kappa shape index (κ3) is 3.66. The number of rotatable bonds is 4. The van der Waals surface area contributed by atoms with Gasteiger partial charge < -0.3 is 4.74 Å². The van der Waals surface area contributed by atoms with Gasteiger partial charge in [-0.25, -0.2) is 9.69 Å². The van der Waals surface area contributed by atoms with Gasteiger partial charge >= 0.3 is 0 Å². The van der Waals surface area contributed by atoms with Crippen LogP contribution >= 0.6 is 11.3 Å². The van der Waals surface area contributed by atoms with Gasteiger partial charge in [0.1, 0.15) is 11.7 Å². The van der Waals surface area contributed by atoms with E-state index in [0.717, 1.165) is 4.88 Å². The number of hydrogen-bond donors (Lipinski definition) is 1. The van der Waals surface area contributed by atoms with Crippen molar-refractivity contribution in [2.24, 2.45) is 0 Å². The molecule has 1 aliphatic rings. The molecule has 1 aliphatic heterocycles. The van der Waals surface area contributed by atoms with E-state index < -0.39 is 6.04 Å². The fourth-order valence-corrected chi connectivity index (χ4v) is 2.98. The maximum Gasteiger partial charge on any atom is 0.267 e. The Labute approximate surface area is 137 Å². The monoisotopic (exact) mass is 334 g/mol.